The highest BCUT2D eigenvalue weighted by molar-refractivity contribution is 4.99. The fraction of sp³-hybridized carbons (Fsp3) is 0.800. The smallest absolute Gasteiger partial charge is 0.107 e. The van der Waals surface area contributed by atoms with E-state index in [1.165, 1.54) is 0 Å². The Balaban J connectivity index is 3.09. The molecule has 0 spiro atoms. The van der Waals surface area contributed by atoms with Crippen molar-refractivity contribution in [2.45, 2.75) is 26.4 Å². The molecule has 0 aromatic rings. The van der Waals surface area contributed by atoms with Crippen LogP contribution < -0.4 is 0 Å². The Morgan fingerprint density at radius 3 is 2.54 bits per heavy atom. The topological polar surface area (TPSA) is 38.7 Å². The molecule has 0 unspecified atom stereocenters. The first-order chi connectivity index (χ1) is 6.27. The monoisotopic (exact) mass is 186 g/mol. The second kappa shape index (κ2) is 9.53. The van der Waals surface area contributed by atoms with Crippen LogP contribution in [-0.4, -0.2) is 37.6 Å². The van der Waals surface area contributed by atoms with Crippen molar-refractivity contribution in [2.75, 3.05) is 26.4 Å². The average molecular weight is 186 g/mol. The van der Waals surface area contributed by atoms with Crippen molar-refractivity contribution < 1.29 is 14.6 Å². The summed E-state index contributed by atoms with van der Waals surface area (Å²) in [6, 6.07) is 0. The summed E-state index contributed by atoms with van der Waals surface area (Å²) in [5.74, 6) is 5.62. The van der Waals surface area contributed by atoms with Gasteiger partial charge in [-0.25, -0.2) is 0 Å². The molecule has 3 heteroatoms. The maximum Gasteiger partial charge on any atom is 0.107 e. The molecule has 0 aromatic carbocycles. The number of hydrogen-bond acceptors (Lipinski definition) is 3. The van der Waals surface area contributed by atoms with Gasteiger partial charge in [-0.15, -0.1) is 0 Å². The Labute approximate surface area is 80.0 Å². The molecule has 13 heavy (non-hydrogen) atoms. The Hall–Kier alpha value is -0.560. The summed E-state index contributed by atoms with van der Waals surface area (Å²) in [7, 11) is 0. The van der Waals surface area contributed by atoms with Crippen LogP contribution in [0.5, 0.6) is 0 Å². The van der Waals surface area contributed by atoms with Gasteiger partial charge in [-0.05, 0) is 13.8 Å². The number of hydrogen-bond donors (Lipinski definition) is 1. The second-order valence-electron chi connectivity index (χ2n) is 2.66. The third kappa shape index (κ3) is 11.4. The van der Waals surface area contributed by atoms with Gasteiger partial charge in [-0.2, -0.15) is 0 Å². The van der Waals surface area contributed by atoms with Crippen LogP contribution in [0.3, 0.4) is 0 Å². The molecule has 76 valence electrons. The summed E-state index contributed by atoms with van der Waals surface area (Å²) in [4.78, 5) is 0. The lowest BCUT2D eigenvalue weighted by molar-refractivity contribution is 0.0662. The van der Waals surface area contributed by atoms with Crippen molar-refractivity contribution in [2.24, 2.45) is 0 Å². The average Bonchev–Trinajstić information content (AvgIpc) is 2.09. The minimum absolute atomic E-state index is 0.351. The van der Waals surface area contributed by atoms with Gasteiger partial charge in [0.1, 0.15) is 6.61 Å². The Bertz CT molecular complexity index is 155. The summed E-state index contributed by atoms with van der Waals surface area (Å²) in [5, 5.41) is 8.86. The van der Waals surface area contributed by atoms with Gasteiger partial charge in [-0.1, -0.05) is 11.8 Å². The zero-order valence-corrected chi connectivity index (χ0v) is 8.38. The third-order valence-electron chi connectivity index (χ3n) is 1.27. The molecule has 0 amide bonds. The molecule has 0 saturated carbocycles. The third-order valence-corrected chi connectivity index (χ3v) is 1.27. The zero-order valence-electron chi connectivity index (χ0n) is 8.38. The van der Waals surface area contributed by atoms with Gasteiger partial charge in [0.2, 0.25) is 0 Å². The summed E-state index contributed by atoms with van der Waals surface area (Å²) in [6.45, 7) is 6.00. The van der Waals surface area contributed by atoms with Crippen molar-refractivity contribution in [3.63, 3.8) is 0 Å². The molecule has 1 atom stereocenters. The molecular weight excluding hydrogens is 168 g/mol. The standard InChI is InChI=1S/C10H18O3/c1-3-12-8-9-13-7-5-4-6-10(2)11/h10-11H,3,6-9H2,1-2H3/t10-/m1/s1. The number of rotatable bonds is 6. The van der Waals surface area contributed by atoms with E-state index in [1.54, 1.807) is 6.92 Å². The summed E-state index contributed by atoms with van der Waals surface area (Å²) in [6.07, 6.45) is 0.158. The highest BCUT2D eigenvalue weighted by Gasteiger charge is 1.88. The Kier molecular flexibility index (Phi) is 9.12. The van der Waals surface area contributed by atoms with Crippen LogP contribution in [0.1, 0.15) is 20.3 Å². The van der Waals surface area contributed by atoms with E-state index in [0.717, 1.165) is 6.61 Å². The quantitative estimate of drug-likeness (QED) is 0.493. The van der Waals surface area contributed by atoms with Gasteiger partial charge in [0.15, 0.2) is 0 Å². The zero-order chi connectivity index (χ0) is 9.94. The molecule has 0 saturated heterocycles. The molecule has 0 rings (SSSR count). The van der Waals surface area contributed by atoms with Gasteiger partial charge in [0, 0.05) is 13.0 Å². The van der Waals surface area contributed by atoms with E-state index in [4.69, 9.17) is 14.6 Å². The lowest BCUT2D eigenvalue weighted by atomic mass is 10.3. The van der Waals surface area contributed by atoms with Gasteiger partial charge in [-0.3, -0.25) is 0 Å². The van der Waals surface area contributed by atoms with Crippen LogP contribution in [0.4, 0.5) is 0 Å². The van der Waals surface area contributed by atoms with Crippen molar-refractivity contribution in [3.8, 4) is 11.8 Å². The van der Waals surface area contributed by atoms with Crippen LogP contribution in [-0.2, 0) is 9.47 Å². The number of ether oxygens (including phenoxy) is 2. The summed E-state index contributed by atoms with van der Waals surface area (Å²) < 4.78 is 10.2. The minimum atomic E-state index is -0.351. The van der Waals surface area contributed by atoms with E-state index in [1.807, 2.05) is 6.92 Å². The largest absolute Gasteiger partial charge is 0.392 e. The van der Waals surface area contributed by atoms with E-state index < -0.39 is 0 Å². The van der Waals surface area contributed by atoms with Crippen molar-refractivity contribution in [1.82, 2.24) is 0 Å². The first-order valence-corrected chi connectivity index (χ1v) is 4.56. The summed E-state index contributed by atoms with van der Waals surface area (Å²) in [5.41, 5.74) is 0. The van der Waals surface area contributed by atoms with Gasteiger partial charge >= 0.3 is 0 Å². The Morgan fingerprint density at radius 1 is 1.23 bits per heavy atom. The lowest BCUT2D eigenvalue weighted by Crippen LogP contribution is -2.04. The SMILES string of the molecule is CCOCCOCC#CC[C@@H](C)O. The predicted molar refractivity (Wildman–Crippen MR) is 51.4 cm³/mol. The fourth-order valence-electron chi connectivity index (χ4n) is 0.656. The maximum atomic E-state index is 8.86. The highest BCUT2D eigenvalue weighted by Crippen LogP contribution is 1.84. The molecule has 0 aliphatic rings. The molecule has 0 bridgehead atoms. The molecule has 0 radical (unpaired) electrons. The van der Waals surface area contributed by atoms with E-state index in [0.29, 0.717) is 26.2 Å². The van der Waals surface area contributed by atoms with E-state index in [-0.39, 0.29) is 6.10 Å². The normalized spacial score (nSPS) is 11.9. The van der Waals surface area contributed by atoms with Crippen LogP contribution >= 0.6 is 0 Å². The predicted octanol–water partition coefficient (Wildman–Crippen LogP) is 0.814. The fourth-order valence-corrected chi connectivity index (χ4v) is 0.656. The first-order valence-electron chi connectivity index (χ1n) is 4.56. The maximum absolute atomic E-state index is 8.86. The van der Waals surface area contributed by atoms with Crippen LogP contribution in [0.2, 0.25) is 0 Å². The van der Waals surface area contributed by atoms with Crippen molar-refractivity contribution in [1.29, 1.82) is 0 Å². The molecule has 1 N–H and O–H groups in total. The second-order valence-corrected chi connectivity index (χ2v) is 2.66. The first kappa shape index (κ1) is 12.4. The summed E-state index contributed by atoms with van der Waals surface area (Å²) >= 11 is 0. The van der Waals surface area contributed by atoms with Crippen LogP contribution in [0.15, 0.2) is 0 Å². The Morgan fingerprint density at radius 2 is 1.92 bits per heavy atom. The van der Waals surface area contributed by atoms with Crippen molar-refractivity contribution >= 4 is 0 Å². The van der Waals surface area contributed by atoms with Crippen LogP contribution in [0.25, 0.3) is 0 Å². The number of aliphatic hydroxyl groups is 1. The molecule has 0 fully saturated rings. The highest BCUT2D eigenvalue weighted by atomic mass is 16.5. The van der Waals surface area contributed by atoms with Gasteiger partial charge in [0.25, 0.3) is 0 Å². The molecule has 0 aliphatic carbocycles. The van der Waals surface area contributed by atoms with E-state index >= 15 is 0 Å². The van der Waals surface area contributed by atoms with Gasteiger partial charge < -0.3 is 14.6 Å². The molecule has 3 nitrogen and oxygen atoms in total. The number of aliphatic hydroxyl groups excluding tert-OH is 1. The van der Waals surface area contributed by atoms with E-state index in [2.05, 4.69) is 11.8 Å². The van der Waals surface area contributed by atoms with Crippen molar-refractivity contribution in [3.05, 3.63) is 0 Å². The molecule has 0 aliphatic heterocycles. The molecule has 0 aromatic heterocycles. The van der Waals surface area contributed by atoms with Gasteiger partial charge in [0.05, 0.1) is 19.3 Å². The van der Waals surface area contributed by atoms with Crippen LogP contribution in [0, 0.1) is 11.8 Å². The van der Waals surface area contributed by atoms with E-state index in [9.17, 15) is 0 Å². The lowest BCUT2D eigenvalue weighted by Gasteiger charge is -1.99. The molecular formula is C10H18O3. The minimum Gasteiger partial charge on any atom is -0.392 e. The molecule has 0 heterocycles.